The van der Waals surface area contributed by atoms with E-state index in [4.69, 9.17) is 52.1 Å². The van der Waals surface area contributed by atoms with E-state index in [0.29, 0.717) is 0 Å². The highest BCUT2D eigenvalue weighted by Gasteiger charge is 2.51. The fourth-order valence-corrected chi connectivity index (χ4v) is 11.2. The van der Waals surface area contributed by atoms with Crippen molar-refractivity contribution < 1.29 is 113 Å². The minimum absolute atomic E-state index is 0.0165. The summed E-state index contributed by atoms with van der Waals surface area (Å²) in [6, 6.07) is 3.11. The third-order valence-electron chi connectivity index (χ3n) is 15.6. The van der Waals surface area contributed by atoms with Gasteiger partial charge < -0.3 is 103 Å². The maximum absolute atomic E-state index is 14.9. The van der Waals surface area contributed by atoms with E-state index in [1.807, 2.05) is 0 Å². The van der Waals surface area contributed by atoms with Gasteiger partial charge in [-0.2, -0.15) is 0 Å². The first-order chi connectivity index (χ1) is 34.8. The Labute approximate surface area is 428 Å². The van der Waals surface area contributed by atoms with Crippen LogP contribution in [-0.2, 0) is 58.6 Å². The summed E-state index contributed by atoms with van der Waals surface area (Å²) >= 11 is 0. The zero-order valence-corrected chi connectivity index (χ0v) is 43.0. The van der Waals surface area contributed by atoms with Gasteiger partial charge in [0.05, 0.1) is 77.6 Å². The fraction of sp³-hybridized carbons (Fsp3) is 0.765. The van der Waals surface area contributed by atoms with Crippen molar-refractivity contribution in [3.8, 4) is 17.2 Å². The van der Waals surface area contributed by atoms with Gasteiger partial charge in [0.1, 0.15) is 60.0 Å². The fourth-order valence-electron chi connectivity index (χ4n) is 11.2. The average molecular weight is 1060 g/mol. The van der Waals surface area contributed by atoms with Crippen LogP contribution < -0.4 is 4.74 Å². The molecule has 10 N–H and O–H groups in total. The summed E-state index contributed by atoms with van der Waals surface area (Å²) in [7, 11) is 1.26. The number of phenolic OH excluding ortho intramolecular Hbond substituents is 2. The minimum Gasteiger partial charge on any atom is -0.507 e. The van der Waals surface area contributed by atoms with Gasteiger partial charge in [-0.25, -0.2) is 0 Å². The molecule has 2 aromatic rings. The SMILES string of the molecule is COC(C(O)C(C)=O)C1Cc2cc3cc(OC4CC(OC5CC(O)C(O)C(C)O5)C(O)C(C)O4)c(C)c(O)c3c(O)c2C(=O)C1OC1CC(OC2CC(OC3CC(C)(O)C(O)C(C)O3)C(O)C(C)O2)C(O)C(C)O1. The number of hydrogen-bond donors (Lipinski definition) is 10. The lowest BCUT2D eigenvalue weighted by Gasteiger charge is -2.46. The van der Waals surface area contributed by atoms with Gasteiger partial charge in [0.15, 0.2) is 36.7 Å². The largest absolute Gasteiger partial charge is 0.507 e. The van der Waals surface area contributed by atoms with Crippen LogP contribution in [-0.4, -0.2) is 211 Å². The molecule has 5 saturated heterocycles. The Morgan fingerprint density at radius 3 is 1.70 bits per heavy atom. The van der Waals surface area contributed by atoms with Crippen molar-refractivity contribution in [1.29, 1.82) is 0 Å². The van der Waals surface area contributed by atoms with Gasteiger partial charge in [-0.15, -0.1) is 0 Å². The Morgan fingerprint density at radius 2 is 1.18 bits per heavy atom. The number of hydrogen-bond acceptors (Lipinski definition) is 23. The van der Waals surface area contributed by atoms with Gasteiger partial charge in [-0.3, -0.25) is 9.59 Å². The Kier molecular flexibility index (Phi) is 17.4. The lowest BCUT2D eigenvalue weighted by molar-refractivity contribution is -0.334. The van der Waals surface area contributed by atoms with Crippen molar-refractivity contribution in [2.75, 3.05) is 7.11 Å². The quantitative estimate of drug-likeness (QED) is 0.122. The van der Waals surface area contributed by atoms with Crippen LogP contribution in [0.3, 0.4) is 0 Å². The highest BCUT2D eigenvalue weighted by Crippen LogP contribution is 2.48. The number of Topliss-reactive ketones (excluding diaryl/α,β-unsaturated/α-hetero) is 2. The van der Waals surface area contributed by atoms with Crippen LogP contribution in [0.2, 0.25) is 0 Å². The molecule has 23 heteroatoms. The van der Waals surface area contributed by atoms with Crippen molar-refractivity contribution in [2.24, 2.45) is 5.92 Å². The molecule has 5 heterocycles. The molecule has 5 aliphatic heterocycles. The first-order valence-corrected chi connectivity index (χ1v) is 25.4. The number of ether oxygens (including phenoxy) is 11. The number of rotatable bonds is 14. The van der Waals surface area contributed by atoms with Crippen LogP contribution >= 0.6 is 0 Å². The topological polar surface area (TPSA) is 338 Å². The number of carbonyl (C=O) groups is 2. The predicted octanol–water partition coefficient (Wildman–Crippen LogP) is 0.390. The number of methoxy groups -OCH3 is 1. The average Bonchev–Trinajstić information content (AvgIpc) is 3.32. The Bertz CT molecular complexity index is 2300. The molecule has 2 aromatic carbocycles. The molecule has 1 aliphatic carbocycles. The summed E-state index contributed by atoms with van der Waals surface area (Å²) in [5.41, 5.74) is -1.31. The smallest absolute Gasteiger partial charge is 0.202 e. The summed E-state index contributed by atoms with van der Waals surface area (Å²) in [4.78, 5) is 27.7. The summed E-state index contributed by atoms with van der Waals surface area (Å²) < 4.78 is 66.6. The second kappa shape index (κ2) is 22.6. The van der Waals surface area contributed by atoms with Gasteiger partial charge in [-0.05, 0) is 84.9 Å². The normalized spacial score (nSPS) is 42.9. The van der Waals surface area contributed by atoms with E-state index in [-0.39, 0.29) is 71.7 Å². The van der Waals surface area contributed by atoms with Gasteiger partial charge >= 0.3 is 0 Å². The maximum atomic E-state index is 14.9. The summed E-state index contributed by atoms with van der Waals surface area (Å²) in [6.45, 7) is 12.1. The number of ketones is 2. The molecule has 5 fully saturated rings. The summed E-state index contributed by atoms with van der Waals surface area (Å²) in [5, 5.41) is 110. The Hall–Kier alpha value is -3.28. The number of aliphatic hydroxyl groups is 8. The molecule has 74 heavy (non-hydrogen) atoms. The number of aliphatic hydroxyl groups excluding tert-OH is 7. The molecule has 416 valence electrons. The zero-order valence-electron chi connectivity index (χ0n) is 43.0. The second-order valence-electron chi connectivity index (χ2n) is 21.2. The molecule has 0 saturated carbocycles. The Morgan fingerprint density at radius 1 is 0.689 bits per heavy atom. The number of carbonyl (C=O) groups excluding carboxylic acids is 2. The van der Waals surface area contributed by atoms with Crippen LogP contribution in [0, 0.1) is 12.8 Å². The van der Waals surface area contributed by atoms with E-state index in [0.717, 1.165) is 6.92 Å². The van der Waals surface area contributed by atoms with E-state index < -0.39 is 170 Å². The molecule has 0 spiro atoms. The van der Waals surface area contributed by atoms with Gasteiger partial charge in [0, 0.05) is 50.7 Å². The summed E-state index contributed by atoms with van der Waals surface area (Å²) in [5.74, 6) is -3.42. The minimum atomic E-state index is -1.72. The van der Waals surface area contributed by atoms with Crippen molar-refractivity contribution in [2.45, 2.75) is 235 Å². The molecule has 0 bridgehead atoms. The lowest BCUT2D eigenvalue weighted by atomic mass is 9.75. The molecule has 0 aromatic heterocycles. The molecule has 8 rings (SSSR count). The summed E-state index contributed by atoms with van der Waals surface area (Å²) in [6.07, 6.45) is -24.2. The third kappa shape index (κ3) is 11.5. The van der Waals surface area contributed by atoms with Gasteiger partial charge in [0.2, 0.25) is 6.29 Å². The molecule has 23 nitrogen and oxygen atoms in total. The molecule has 24 atom stereocenters. The highest BCUT2D eigenvalue weighted by molar-refractivity contribution is 6.11. The molecule has 24 unspecified atom stereocenters. The Balaban J connectivity index is 1.03. The molecular weight excluding hydrogens is 981 g/mol. The van der Waals surface area contributed by atoms with Crippen LogP contribution in [0.15, 0.2) is 12.1 Å². The second-order valence-corrected chi connectivity index (χ2v) is 21.2. The van der Waals surface area contributed by atoms with E-state index in [9.17, 15) is 60.7 Å². The van der Waals surface area contributed by atoms with Crippen molar-refractivity contribution >= 4 is 22.3 Å². The maximum Gasteiger partial charge on any atom is 0.202 e. The number of phenols is 2. The molecule has 0 amide bonds. The van der Waals surface area contributed by atoms with E-state index >= 15 is 0 Å². The van der Waals surface area contributed by atoms with Crippen LogP contribution in [0.4, 0.5) is 0 Å². The number of aromatic hydroxyl groups is 2. The number of fused-ring (bicyclic) bond motifs is 2. The van der Waals surface area contributed by atoms with Crippen LogP contribution in [0.25, 0.3) is 10.8 Å². The molecule has 0 radical (unpaired) electrons. The first-order valence-electron chi connectivity index (χ1n) is 25.4. The monoisotopic (exact) mass is 1050 g/mol. The van der Waals surface area contributed by atoms with E-state index in [1.165, 1.54) is 27.0 Å². The molecular formula is C51H74O23. The van der Waals surface area contributed by atoms with Crippen LogP contribution in [0.5, 0.6) is 17.2 Å². The van der Waals surface area contributed by atoms with Crippen molar-refractivity contribution in [3.63, 3.8) is 0 Å². The predicted molar refractivity (Wildman–Crippen MR) is 253 cm³/mol. The van der Waals surface area contributed by atoms with Crippen molar-refractivity contribution in [1.82, 2.24) is 0 Å². The van der Waals surface area contributed by atoms with E-state index in [2.05, 4.69) is 0 Å². The van der Waals surface area contributed by atoms with Crippen LogP contribution in [0.1, 0.15) is 102 Å². The van der Waals surface area contributed by atoms with E-state index in [1.54, 1.807) is 40.7 Å². The third-order valence-corrected chi connectivity index (χ3v) is 15.6. The highest BCUT2D eigenvalue weighted by atomic mass is 16.7. The first kappa shape index (κ1) is 56.9. The zero-order chi connectivity index (χ0) is 54.0. The lowest BCUT2D eigenvalue weighted by Crippen LogP contribution is -2.58. The molecule has 6 aliphatic rings. The van der Waals surface area contributed by atoms with Crippen molar-refractivity contribution in [3.05, 3.63) is 28.8 Å². The number of benzene rings is 2. The standard InChI is InChI=1S/C51H74O23/c1-18-29(70-34-14-30(43(57)21(4)66-34)71-33-13-28(53)42(56)20(3)65-33)12-26-10-25-11-27(48(64-9)41(55)19(2)52)49(47(61)39(25)46(60)38(26)40(18)54)74-36-16-31(44(58)23(6)68-36)72-35-15-32(45(59)22(5)67-35)73-37-17-51(8,63)50(62)24(7)69-37/h10,12,20-24,27-28,30-37,41-45,48-50,53-60,62-63H,11,13-17H2,1-9H3. The van der Waals surface area contributed by atoms with Gasteiger partial charge in [-0.1, -0.05) is 0 Å². The van der Waals surface area contributed by atoms with Gasteiger partial charge in [0.25, 0.3) is 0 Å².